The lowest BCUT2D eigenvalue weighted by molar-refractivity contribution is -0.121. The predicted octanol–water partition coefficient (Wildman–Crippen LogP) is 1.98. The van der Waals surface area contributed by atoms with Gasteiger partial charge in [-0.2, -0.15) is 4.31 Å². The number of halogens is 1. The second kappa shape index (κ2) is 5.68. The van der Waals surface area contributed by atoms with Crippen molar-refractivity contribution in [2.75, 3.05) is 6.54 Å². The van der Waals surface area contributed by atoms with E-state index in [1.807, 2.05) is 0 Å². The Morgan fingerprint density at radius 3 is 2.79 bits per heavy atom. The Labute approximate surface area is 121 Å². The van der Waals surface area contributed by atoms with Crippen LogP contribution in [0, 0.1) is 0 Å². The van der Waals surface area contributed by atoms with Gasteiger partial charge in [-0.1, -0.05) is 6.42 Å². The van der Waals surface area contributed by atoms with Gasteiger partial charge in [0.05, 0.1) is 6.04 Å². The molecule has 1 aliphatic rings. The van der Waals surface area contributed by atoms with Crippen molar-refractivity contribution < 1.29 is 13.2 Å². The van der Waals surface area contributed by atoms with Crippen LogP contribution < -0.4 is 0 Å². The number of Topliss-reactive ketones (excluding diaryl/α,β-unsaturated/α-hetero) is 1. The highest BCUT2D eigenvalue weighted by Gasteiger charge is 2.36. The summed E-state index contributed by atoms with van der Waals surface area (Å²) in [4.78, 5) is 15.6. The van der Waals surface area contributed by atoms with E-state index < -0.39 is 16.1 Å². The zero-order valence-corrected chi connectivity index (χ0v) is 12.9. The third kappa shape index (κ3) is 3.04. The summed E-state index contributed by atoms with van der Waals surface area (Å²) in [7, 11) is -3.66. The molecule has 1 aliphatic heterocycles. The molecule has 0 amide bonds. The minimum atomic E-state index is -3.66. The fraction of sp³-hybridized carbons (Fsp3) is 0.500. The van der Waals surface area contributed by atoms with Gasteiger partial charge in [-0.05, 0) is 41.8 Å². The van der Waals surface area contributed by atoms with E-state index in [4.69, 9.17) is 0 Å². The van der Waals surface area contributed by atoms with Crippen molar-refractivity contribution in [3.63, 3.8) is 0 Å². The van der Waals surface area contributed by atoms with E-state index in [0.29, 0.717) is 17.4 Å². The van der Waals surface area contributed by atoms with Gasteiger partial charge in [0.25, 0.3) is 0 Å². The van der Waals surface area contributed by atoms with E-state index in [-0.39, 0.29) is 10.7 Å². The average Bonchev–Trinajstić information content (AvgIpc) is 2.38. The minimum Gasteiger partial charge on any atom is -0.298 e. The van der Waals surface area contributed by atoms with E-state index in [1.165, 1.54) is 29.7 Å². The first-order valence-electron chi connectivity index (χ1n) is 6.06. The maximum absolute atomic E-state index is 12.6. The first-order valence-corrected chi connectivity index (χ1v) is 8.29. The van der Waals surface area contributed by atoms with Gasteiger partial charge in [-0.3, -0.25) is 9.78 Å². The topological polar surface area (TPSA) is 67.3 Å². The Balaban J connectivity index is 2.40. The van der Waals surface area contributed by atoms with E-state index in [0.717, 1.165) is 12.8 Å². The molecular weight excluding hydrogens is 332 g/mol. The number of carbonyl (C=O) groups excluding carboxylic acids is 1. The molecule has 0 saturated carbocycles. The molecule has 0 bridgehead atoms. The van der Waals surface area contributed by atoms with Crippen molar-refractivity contribution in [1.29, 1.82) is 0 Å². The van der Waals surface area contributed by atoms with Crippen LogP contribution in [0.3, 0.4) is 0 Å². The van der Waals surface area contributed by atoms with Gasteiger partial charge in [0.2, 0.25) is 10.0 Å². The number of pyridine rings is 1. The first kappa shape index (κ1) is 14.6. The summed E-state index contributed by atoms with van der Waals surface area (Å²) in [5, 5.41) is 0. The molecule has 0 radical (unpaired) electrons. The van der Waals surface area contributed by atoms with Crippen LogP contribution in [0.1, 0.15) is 26.2 Å². The fourth-order valence-corrected chi connectivity index (χ4v) is 4.48. The standard InChI is InChI=1S/C12H15BrN2O3S/c1-9(16)12-4-2-3-5-15(12)19(17,18)11-6-10(13)7-14-8-11/h6-8,12H,2-5H2,1H3. The molecule has 7 heteroatoms. The number of ketones is 1. The molecule has 19 heavy (non-hydrogen) atoms. The van der Waals surface area contributed by atoms with Crippen LogP contribution in [0.15, 0.2) is 27.8 Å². The van der Waals surface area contributed by atoms with Crippen molar-refractivity contribution in [3.05, 3.63) is 22.9 Å². The molecule has 0 spiro atoms. The normalized spacial score (nSPS) is 21.3. The van der Waals surface area contributed by atoms with Crippen LogP contribution in [0.5, 0.6) is 0 Å². The number of sulfonamides is 1. The fourth-order valence-electron chi connectivity index (χ4n) is 2.27. The highest BCUT2D eigenvalue weighted by atomic mass is 79.9. The smallest absolute Gasteiger partial charge is 0.245 e. The van der Waals surface area contributed by atoms with E-state index in [1.54, 1.807) is 0 Å². The lowest BCUT2D eigenvalue weighted by Gasteiger charge is -2.32. The Hall–Kier alpha value is -0.790. The molecule has 1 unspecified atom stereocenters. The summed E-state index contributed by atoms with van der Waals surface area (Å²) in [6, 6.07) is 0.964. The molecule has 104 valence electrons. The number of rotatable bonds is 3. The summed E-state index contributed by atoms with van der Waals surface area (Å²) >= 11 is 3.21. The number of aromatic nitrogens is 1. The molecule has 1 aromatic rings. The predicted molar refractivity (Wildman–Crippen MR) is 74.1 cm³/mol. The Kier molecular flexibility index (Phi) is 4.37. The van der Waals surface area contributed by atoms with Gasteiger partial charge < -0.3 is 0 Å². The second-order valence-corrected chi connectivity index (χ2v) is 7.38. The molecule has 1 saturated heterocycles. The highest BCUT2D eigenvalue weighted by molar-refractivity contribution is 9.10. The molecule has 1 atom stereocenters. The van der Waals surface area contributed by atoms with Crippen LogP contribution in [-0.4, -0.2) is 36.1 Å². The molecule has 5 nitrogen and oxygen atoms in total. The number of hydrogen-bond donors (Lipinski definition) is 0. The first-order chi connectivity index (χ1) is 8.93. The Bertz CT molecular complexity index is 588. The highest BCUT2D eigenvalue weighted by Crippen LogP contribution is 2.26. The van der Waals surface area contributed by atoms with E-state index in [9.17, 15) is 13.2 Å². The summed E-state index contributed by atoms with van der Waals surface area (Å²) in [5.74, 6) is -0.105. The number of piperidine rings is 1. The van der Waals surface area contributed by atoms with Crippen molar-refractivity contribution >= 4 is 31.7 Å². The molecule has 0 aromatic carbocycles. The molecular formula is C12H15BrN2O3S. The number of hydrogen-bond acceptors (Lipinski definition) is 4. The van der Waals surface area contributed by atoms with Gasteiger partial charge in [-0.15, -0.1) is 0 Å². The van der Waals surface area contributed by atoms with Crippen molar-refractivity contribution in [3.8, 4) is 0 Å². The number of carbonyl (C=O) groups is 1. The molecule has 1 aromatic heterocycles. The summed E-state index contributed by atoms with van der Waals surface area (Å²) in [6.07, 6.45) is 5.09. The molecule has 2 heterocycles. The maximum Gasteiger partial charge on any atom is 0.245 e. The summed E-state index contributed by atoms with van der Waals surface area (Å²) in [5.41, 5.74) is 0. The lowest BCUT2D eigenvalue weighted by Crippen LogP contribution is -2.47. The van der Waals surface area contributed by atoms with Gasteiger partial charge in [0, 0.05) is 23.4 Å². The Morgan fingerprint density at radius 2 is 2.16 bits per heavy atom. The van der Waals surface area contributed by atoms with Crippen molar-refractivity contribution in [2.45, 2.75) is 37.1 Å². The van der Waals surface area contributed by atoms with Crippen molar-refractivity contribution in [1.82, 2.24) is 9.29 Å². The van der Waals surface area contributed by atoms with E-state index in [2.05, 4.69) is 20.9 Å². The van der Waals surface area contributed by atoms with Gasteiger partial charge >= 0.3 is 0 Å². The van der Waals surface area contributed by atoms with Crippen LogP contribution in [0.25, 0.3) is 0 Å². The molecule has 0 aliphatic carbocycles. The Morgan fingerprint density at radius 1 is 1.42 bits per heavy atom. The second-order valence-electron chi connectivity index (χ2n) is 4.58. The third-order valence-electron chi connectivity index (χ3n) is 3.21. The number of nitrogens with zero attached hydrogens (tertiary/aromatic N) is 2. The lowest BCUT2D eigenvalue weighted by atomic mass is 10.0. The maximum atomic E-state index is 12.6. The SMILES string of the molecule is CC(=O)C1CCCCN1S(=O)(=O)c1cncc(Br)c1. The summed E-state index contributed by atoms with van der Waals surface area (Å²) in [6.45, 7) is 1.83. The van der Waals surface area contributed by atoms with Crippen LogP contribution in [-0.2, 0) is 14.8 Å². The zero-order chi connectivity index (χ0) is 14.0. The van der Waals surface area contributed by atoms with E-state index >= 15 is 0 Å². The van der Waals surface area contributed by atoms with Gasteiger partial charge in [0.15, 0.2) is 0 Å². The average molecular weight is 347 g/mol. The zero-order valence-electron chi connectivity index (χ0n) is 10.5. The summed E-state index contributed by atoms with van der Waals surface area (Å²) < 4.78 is 27.0. The molecule has 2 rings (SSSR count). The third-order valence-corrected chi connectivity index (χ3v) is 5.52. The van der Waals surface area contributed by atoms with Crippen LogP contribution >= 0.6 is 15.9 Å². The largest absolute Gasteiger partial charge is 0.298 e. The minimum absolute atomic E-state index is 0.105. The quantitative estimate of drug-likeness (QED) is 0.839. The van der Waals surface area contributed by atoms with Crippen LogP contribution in [0.2, 0.25) is 0 Å². The van der Waals surface area contributed by atoms with Crippen LogP contribution in [0.4, 0.5) is 0 Å². The molecule has 0 N–H and O–H groups in total. The van der Waals surface area contributed by atoms with Gasteiger partial charge in [0.1, 0.15) is 10.7 Å². The van der Waals surface area contributed by atoms with Gasteiger partial charge in [-0.25, -0.2) is 8.42 Å². The monoisotopic (exact) mass is 346 g/mol. The molecule has 1 fully saturated rings. The van der Waals surface area contributed by atoms with Crippen molar-refractivity contribution in [2.24, 2.45) is 0 Å².